The minimum absolute atomic E-state index is 0.0775. The zero-order valence-electron chi connectivity index (χ0n) is 27.7. The Labute approximate surface area is 297 Å². The first kappa shape index (κ1) is 36.6. The van der Waals surface area contributed by atoms with E-state index in [9.17, 15) is 39.6 Å². The molecule has 0 saturated carbocycles. The summed E-state index contributed by atoms with van der Waals surface area (Å²) in [5, 5.41) is 37.6. The minimum Gasteiger partial charge on any atom is -0.480 e. The quantitative estimate of drug-likeness (QED) is 0.0802. The normalized spacial score (nSPS) is 11.1. The molecule has 15 heteroatoms. The fraction of sp³-hybridized carbons (Fsp3) is 0.162. The van der Waals surface area contributed by atoms with Gasteiger partial charge in [-0.05, 0) is 82.9 Å². The first-order valence-electron chi connectivity index (χ1n) is 15.8. The van der Waals surface area contributed by atoms with Crippen molar-refractivity contribution < 1.29 is 39.6 Å². The molecule has 0 aliphatic rings. The highest BCUT2D eigenvalue weighted by Gasteiger charge is 2.19. The minimum atomic E-state index is -1.19. The van der Waals surface area contributed by atoms with Crippen molar-refractivity contribution in [2.45, 2.75) is 13.1 Å². The van der Waals surface area contributed by atoms with Crippen molar-refractivity contribution in [3.63, 3.8) is 0 Å². The molecule has 3 heterocycles. The number of carboxylic acid groups (broad SMARTS) is 4. The molecule has 0 fully saturated rings. The maximum Gasteiger partial charge on any atom is 0.317 e. The van der Waals surface area contributed by atoms with Gasteiger partial charge in [-0.3, -0.25) is 29.0 Å². The number of hydrogen-bond donors (Lipinski definition) is 6. The van der Waals surface area contributed by atoms with Crippen LogP contribution in [0.15, 0.2) is 91.0 Å². The standard InChI is InChI=1S/C37H35N7O8/c38-26-8-4-22(5-9-26)24-12-28(16-43(18-34(45)46)19-35(47)48)40-32(14-24)30-2-1-3-31(42-30)33-15-25(23-6-10-27(39)11-7-23)13-29(41-33)17-44(20-36(49)50)21-37(51)52/h1-15H,16-21,38-39H2,(H,45,46)(H,47,48)(H,49,50)(H,51,52). The molecule has 0 saturated heterocycles. The Morgan fingerprint density at radius 2 is 0.808 bits per heavy atom. The van der Waals surface area contributed by atoms with Gasteiger partial charge in [-0.15, -0.1) is 0 Å². The van der Waals surface area contributed by atoms with Crippen LogP contribution in [0.25, 0.3) is 45.0 Å². The molecule has 3 aromatic heterocycles. The number of hydrogen-bond acceptors (Lipinski definition) is 11. The van der Waals surface area contributed by atoms with Crippen molar-refractivity contribution in [2.24, 2.45) is 0 Å². The molecule has 52 heavy (non-hydrogen) atoms. The van der Waals surface area contributed by atoms with Gasteiger partial charge in [-0.1, -0.05) is 30.3 Å². The van der Waals surface area contributed by atoms with Gasteiger partial charge in [0.05, 0.1) is 60.3 Å². The van der Waals surface area contributed by atoms with E-state index < -0.39 is 50.1 Å². The highest BCUT2D eigenvalue weighted by atomic mass is 16.4. The SMILES string of the molecule is Nc1ccc(-c2cc(CN(CC(=O)O)CC(=O)O)nc(-c3cccc(-c4cc(-c5ccc(N)cc5)cc(CN(CC(=O)O)CC(=O)O)n4)n3)c2)cc1. The first-order valence-corrected chi connectivity index (χ1v) is 15.8. The van der Waals surface area contributed by atoms with Crippen LogP contribution in [0.4, 0.5) is 11.4 Å². The average Bonchev–Trinajstić information content (AvgIpc) is 3.07. The van der Waals surface area contributed by atoms with E-state index in [0.717, 1.165) is 11.1 Å². The molecule has 0 aliphatic heterocycles. The third-order valence-corrected chi connectivity index (χ3v) is 7.73. The van der Waals surface area contributed by atoms with E-state index in [4.69, 9.17) is 26.4 Å². The lowest BCUT2D eigenvalue weighted by molar-refractivity contribution is -0.144. The van der Waals surface area contributed by atoms with E-state index in [-0.39, 0.29) is 13.1 Å². The van der Waals surface area contributed by atoms with Gasteiger partial charge in [-0.2, -0.15) is 0 Å². The molecule has 266 valence electrons. The zero-order valence-corrected chi connectivity index (χ0v) is 27.7. The number of nitrogens with zero attached hydrogens (tertiary/aromatic N) is 5. The van der Waals surface area contributed by atoms with Crippen molar-refractivity contribution in [2.75, 3.05) is 37.6 Å². The van der Waals surface area contributed by atoms with Crippen LogP contribution in [0.2, 0.25) is 0 Å². The van der Waals surface area contributed by atoms with E-state index in [0.29, 0.717) is 56.7 Å². The van der Waals surface area contributed by atoms with Gasteiger partial charge in [0.15, 0.2) is 0 Å². The van der Waals surface area contributed by atoms with Crippen LogP contribution in [0.3, 0.4) is 0 Å². The second kappa shape index (κ2) is 16.3. The largest absolute Gasteiger partial charge is 0.480 e. The number of rotatable bonds is 16. The van der Waals surface area contributed by atoms with Crippen molar-refractivity contribution in [3.8, 4) is 45.0 Å². The monoisotopic (exact) mass is 705 g/mol. The molecular formula is C37H35N7O8. The van der Waals surface area contributed by atoms with E-state index in [2.05, 4.69) is 0 Å². The van der Waals surface area contributed by atoms with Crippen LogP contribution in [-0.4, -0.2) is 95.2 Å². The molecule has 15 nitrogen and oxygen atoms in total. The Bertz CT molecular complexity index is 1930. The predicted octanol–water partition coefficient (Wildman–Crippen LogP) is 3.65. The summed E-state index contributed by atoms with van der Waals surface area (Å²) in [7, 11) is 0. The molecule has 5 rings (SSSR count). The van der Waals surface area contributed by atoms with Gasteiger partial charge >= 0.3 is 23.9 Å². The molecular weight excluding hydrogens is 670 g/mol. The third kappa shape index (κ3) is 10.2. The summed E-state index contributed by atoms with van der Waals surface area (Å²) < 4.78 is 0. The van der Waals surface area contributed by atoms with Crippen LogP contribution in [0.5, 0.6) is 0 Å². The number of benzene rings is 2. The Kier molecular flexibility index (Phi) is 11.5. The number of nitrogen functional groups attached to an aromatic ring is 2. The number of pyridine rings is 3. The Balaban J connectivity index is 1.60. The lowest BCUT2D eigenvalue weighted by atomic mass is 10.0. The molecule has 0 bridgehead atoms. The third-order valence-electron chi connectivity index (χ3n) is 7.73. The number of nitrogens with two attached hydrogens (primary N) is 2. The molecule has 5 aromatic rings. The van der Waals surface area contributed by atoms with Gasteiger partial charge in [0.25, 0.3) is 0 Å². The van der Waals surface area contributed by atoms with Crippen molar-refractivity contribution in [1.29, 1.82) is 0 Å². The summed E-state index contributed by atoms with van der Waals surface area (Å²) in [6.07, 6.45) is 0. The maximum atomic E-state index is 11.5. The van der Waals surface area contributed by atoms with Gasteiger partial charge < -0.3 is 31.9 Å². The summed E-state index contributed by atoms with van der Waals surface area (Å²) in [5.41, 5.74) is 18.4. The first-order chi connectivity index (χ1) is 24.8. The van der Waals surface area contributed by atoms with E-state index in [1.807, 2.05) is 24.3 Å². The molecule has 0 radical (unpaired) electrons. The Morgan fingerprint density at radius 3 is 1.13 bits per heavy atom. The topological polar surface area (TPSA) is 246 Å². The second-order valence-electron chi connectivity index (χ2n) is 12.0. The zero-order chi connectivity index (χ0) is 37.4. The fourth-order valence-corrected chi connectivity index (χ4v) is 5.56. The van der Waals surface area contributed by atoms with E-state index in [1.165, 1.54) is 9.80 Å². The highest BCUT2D eigenvalue weighted by molar-refractivity contribution is 5.76. The lowest BCUT2D eigenvalue weighted by Crippen LogP contribution is -2.34. The summed E-state index contributed by atoms with van der Waals surface area (Å²) in [4.78, 5) is 63.0. The molecule has 0 unspecified atom stereocenters. The summed E-state index contributed by atoms with van der Waals surface area (Å²) in [5.74, 6) is -4.75. The van der Waals surface area contributed by atoms with Gasteiger partial charge in [0, 0.05) is 24.5 Å². The number of aliphatic carboxylic acids is 4. The van der Waals surface area contributed by atoms with Gasteiger partial charge in [0.1, 0.15) is 0 Å². The Hall–Kier alpha value is -6.71. The van der Waals surface area contributed by atoms with Crippen molar-refractivity contribution >= 4 is 35.3 Å². The molecule has 0 atom stereocenters. The Morgan fingerprint density at radius 1 is 0.462 bits per heavy atom. The predicted molar refractivity (Wildman–Crippen MR) is 191 cm³/mol. The molecule has 8 N–H and O–H groups in total. The van der Waals surface area contributed by atoms with Crippen LogP contribution >= 0.6 is 0 Å². The number of aromatic nitrogens is 3. The molecule has 2 aromatic carbocycles. The summed E-state index contributed by atoms with van der Waals surface area (Å²) in [6.45, 7) is -2.22. The highest BCUT2D eigenvalue weighted by Crippen LogP contribution is 2.30. The van der Waals surface area contributed by atoms with Crippen molar-refractivity contribution in [3.05, 3.63) is 102 Å². The lowest BCUT2D eigenvalue weighted by Gasteiger charge is -2.19. The number of anilines is 2. The summed E-state index contributed by atoms with van der Waals surface area (Å²) >= 11 is 0. The smallest absolute Gasteiger partial charge is 0.317 e. The van der Waals surface area contributed by atoms with Crippen LogP contribution in [0, 0.1) is 0 Å². The summed E-state index contributed by atoms with van der Waals surface area (Å²) in [6, 6.07) is 26.6. The molecule has 0 spiro atoms. The fourth-order valence-electron chi connectivity index (χ4n) is 5.56. The molecule has 0 aliphatic carbocycles. The number of carbonyl (C=O) groups is 4. The average molecular weight is 706 g/mol. The van der Waals surface area contributed by atoms with Crippen molar-refractivity contribution in [1.82, 2.24) is 24.8 Å². The van der Waals surface area contributed by atoms with E-state index in [1.54, 1.807) is 66.7 Å². The van der Waals surface area contributed by atoms with Gasteiger partial charge in [-0.25, -0.2) is 15.0 Å². The van der Waals surface area contributed by atoms with Crippen LogP contribution < -0.4 is 11.5 Å². The number of carboxylic acids is 4. The van der Waals surface area contributed by atoms with Crippen LogP contribution in [-0.2, 0) is 32.3 Å². The van der Waals surface area contributed by atoms with Gasteiger partial charge in [0.2, 0.25) is 0 Å². The van der Waals surface area contributed by atoms with E-state index >= 15 is 0 Å². The molecule has 0 amide bonds. The maximum absolute atomic E-state index is 11.5. The second-order valence-corrected chi connectivity index (χ2v) is 12.0. The van der Waals surface area contributed by atoms with Crippen LogP contribution in [0.1, 0.15) is 11.4 Å².